The molecule has 6 heteroatoms. The zero-order valence-electron chi connectivity index (χ0n) is 11.9. The molecule has 1 aromatic carbocycles. The topological polar surface area (TPSA) is 54.2 Å². The number of aromatic nitrogens is 2. The van der Waals surface area contributed by atoms with E-state index in [1.165, 1.54) is 0 Å². The summed E-state index contributed by atoms with van der Waals surface area (Å²) in [5, 5.41) is 7.43. The van der Waals surface area contributed by atoms with Crippen molar-refractivity contribution < 1.29 is 4.52 Å². The van der Waals surface area contributed by atoms with Crippen LogP contribution in [0.1, 0.15) is 23.3 Å². The van der Waals surface area contributed by atoms with Gasteiger partial charge in [-0.15, -0.1) is 12.4 Å². The van der Waals surface area contributed by atoms with Gasteiger partial charge in [-0.2, -0.15) is 4.98 Å². The van der Waals surface area contributed by atoms with Gasteiger partial charge in [0.25, 0.3) is 5.89 Å². The number of hydrogen-bond acceptors (Lipinski definition) is 5. The smallest absolute Gasteiger partial charge is 0.250 e. The van der Waals surface area contributed by atoms with Crippen LogP contribution in [0.25, 0.3) is 12.2 Å². The summed E-state index contributed by atoms with van der Waals surface area (Å²) in [5.74, 6) is 1.29. The minimum absolute atomic E-state index is 0. The monoisotopic (exact) mass is 306 g/mol. The maximum absolute atomic E-state index is 5.29. The highest BCUT2D eigenvalue weighted by Gasteiger charge is 2.24. The molecule has 0 saturated carbocycles. The first kappa shape index (κ1) is 15.7. The van der Waals surface area contributed by atoms with Gasteiger partial charge in [0.2, 0.25) is 0 Å². The first-order valence-corrected chi connectivity index (χ1v) is 6.80. The molecule has 0 spiro atoms. The number of benzene rings is 1. The van der Waals surface area contributed by atoms with Gasteiger partial charge in [0.05, 0.1) is 6.04 Å². The molecule has 0 aliphatic carbocycles. The van der Waals surface area contributed by atoms with Gasteiger partial charge in [-0.25, -0.2) is 0 Å². The fraction of sp³-hybridized carbons (Fsp3) is 0.333. The summed E-state index contributed by atoms with van der Waals surface area (Å²) in [6.07, 6.45) is 3.82. The average Bonchev–Trinajstić information content (AvgIpc) is 2.95. The Kier molecular flexibility index (Phi) is 5.50. The van der Waals surface area contributed by atoms with Crippen molar-refractivity contribution in [2.45, 2.75) is 6.04 Å². The molecule has 3 rings (SSSR count). The largest absolute Gasteiger partial charge is 0.335 e. The molecule has 21 heavy (non-hydrogen) atoms. The first-order chi connectivity index (χ1) is 9.83. The molecule has 1 unspecified atom stereocenters. The van der Waals surface area contributed by atoms with E-state index in [0.29, 0.717) is 5.89 Å². The molecule has 2 aromatic rings. The molecule has 0 bridgehead atoms. The maximum Gasteiger partial charge on any atom is 0.250 e. The highest BCUT2D eigenvalue weighted by atomic mass is 35.5. The second-order valence-corrected chi connectivity index (χ2v) is 4.94. The van der Waals surface area contributed by atoms with E-state index in [1.54, 1.807) is 0 Å². The number of rotatable bonds is 3. The lowest BCUT2D eigenvalue weighted by atomic mass is 10.2. The fourth-order valence-corrected chi connectivity index (χ4v) is 2.28. The Labute approximate surface area is 130 Å². The Hall–Kier alpha value is -1.69. The molecular formula is C15H19ClN4O. The van der Waals surface area contributed by atoms with E-state index in [4.69, 9.17) is 4.52 Å². The Morgan fingerprint density at radius 3 is 2.86 bits per heavy atom. The minimum Gasteiger partial charge on any atom is -0.335 e. The summed E-state index contributed by atoms with van der Waals surface area (Å²) in [5.41, 5.74) is 1.11. The summed E-state index contributed by atoms with van der Waals surface area (Å²) < 4.78 is 5.29. The number of nitrogens with zero attached hydrogens (tertiary/aromatic N) is 3. The van der Waals surface area contributed by atoms with Crippen LogP contribution < -0.4 is 5.32 Å². The normalized spacial score (nSPS) is 19.6. The van der Waals surface area contributed by atoms with Crippen LogP contribution >= 0.6 is 12.4 Å². The molecule has 0 radical (unpaired) electrons. The lowest BCUT2D eigenvalue weighted by Gasteiger charge is -2.30. The zero-order chi connectivity index (χ0) is 13.8. The van der Waals surface area contributed by atoms with Gasteiger partial charge in [0.15, 0.2) is 5.82 Å². The Morgan fingerprint density at radius 1 is 1.29 bits per heavy atom. The molecule has 1 saturated heterocycles. The Balaban J connectivity index is 0.00000161. The van der Waals surface area contributed by atoms with E-state index in [1.807, 2.05) is 42.5 Å². The van der Waals surface area contributed by atoms with E-state index in [-0.39, 0.29) is 18.4 Å². The van der Waals surface area contributed by atoms with Gasteiger partial charge in [-0.1, -0.05) is 35.5 Å². The van der Waals surface area contributed by atoms with Gasteiger partial charge < -0.3 is 9.84 Å². The third-order valence-electron chi connectivity index (χ3n) is 3.48. The van der Waals surface area contributed by atoms with E-state index in [0.717, 1.165) is 31.0 Å². The van der Waals surface area contributed by atoms with Crippen molar-refractivity contribution in [3.8, 4) is 0 Å². The van der Waals surface area contributed by atoms with Crippen molar-refractivity contribution in [2.24, 2.45) is 0 Å². The fourth-order valence-electron chi connectivity index (χ4n) is 2.28. The van der Waals surface area contributed by atoms with Crippen molar-refractivity contribution in [1.82, 2.24) is 20.4 Å². The van der Waals surface area contributed by atoms with Crippen LogP contribution in [-0.2, 0) is 0 Å². The number of likely N-dealkylation sites (N-methyl/N-ethyl adjacent to an activating group) is 1. The summed E-state index contributed by atoms with van der Waals surface area (Å²) in [4.78, 5) is 6.70. The standard InChI is InChI=1S/C15H18N4O.ClH/c1-19-10-9-16-11-13(19)15-17-14(20-18-15)8-7-12-5-3-2-4-6-12;/h2-8,13,16H,9-11H2,1H3;1H/b8-7+;. The molecule has 0 amide bonds. The Morgan fingerprint density at radius 2 is 2.10 bits per heavy atom. The number of piperazine rings is 1. The molecule has 5 nitrogen and oxygen atoms in total. The van der Waals surface area contributed by atoms with Gasteiger partial charge in [-0.3, -0.25) is 4.90 Å². The second-order valence-electron chi connectivity index (χ2n) is 4.94. The molecule has 1 atom stereocenters. The molecule has 1 aliphatic heterocycles. The molecular weight excluding hydrogens is 288 g/mol. The van der Waals surface area contributed by atoms with Crippen LogP contribution in [0.2, 0.25) is 0 Å². The van der Waals surface area contributed by atoms with Gasteiger partial charge in [0, 0.05) is 25.7 Å². The van der Waals surface area contributed by atoms with E-state index >= 15 is 0 Å². The molecule has 1 fully saturated rings. The van der Waals surface area contributed by atoms with Crippen LogP contribution in [0.3, 0.4) is 0 Å². The molecule has 112 valence electrons. The summed E-state index contributed by atoms with van der Waals surface area (Å²) in [7, 11) is 2.08. The molecule has 2 heterocycles. The SMILES string of the molecule is CN1CCNCC1c1noc(/C=C/c2ccccc2)n1.Cl. The lowest BCUT2D eigenvalue weighted by molar-refractivity contribution is 0.190. The number of hydrogen-bond donors (Lipinski definition) is 1. The minimum atomic E-state index is 0. The lowest BCUT2D eigenvalue weighted by Crippen LogP contribution is -2.44. The van der Waals surface area contributed by atoms with Crippen LogP contribution in [0.15, 0.2) is 34.9 Å². The van der Waals surface area contributed by atoms with Gasteiger partial charge in [0.1, 0.15) is 0 Å². The number of halogens is 1. The number of nitrogens with one attached hydrogen (secondary N) is 1. The van der Waals surface area contributed by atoms with E-state index in [9.17, 15) is 0 Å². The summed E-state index contributed by atoms with van der Waals surface area (Å²) >= 11 is 0. The third kappa shape index (κ3) is 3.91. The highest BCUT2D eigenvalue weighted by molar-refractivity contribution is 5.85. The first-order valence-electron chi connectivity index (χ1n) is 6.80. The summed E-state index contributed by atoms with van der Waals surface area (Å²) in [6, 6.07) is 10.3. The highest BCUT2D eigenvalue weighted by Crippen LogP contribution is 2.18. The molecule has 1 aromatic heterocycles. The van der Waals surface area contributed by atoms with Crippen LogP contribution in [0.5, 0.6) is 0 Å². The average molecular weight is 307 g/mol. The van der Waals surface area contributed by atoms with Gasteiger partial charge >= 0.3 is 0 Å². The molecule has 1 N–H and O–H groups in total. The van der Waals surface area contributed by atoms with Crippen LogP contribution in [-0.4, -0.2) is 41.7 Å². The summed E-state index contributed by atoms with van der Waals surface area (Å²) in [6.45, 7) is 2.86. The predicted molar refractivity (Wildman–Crippen MR) is 85.2 cm³/mol. The van der Waals surface area contributed by atoms with Crippen molar-refractivity contribution in [3.05, 3.63) is 47.6 Å². The second kappa shape index (κ2) is 7.36. The van der Waals surface area contributed by atoms with Crippen molar-refractivity contribution in [3.63, 3.8) is 0 Å². The third-order valence-corrected chi connectivity index (χ3v) is 3.48. The van der Waals surface area contributed by atoms with Crippen LogP contribution in [0, 0.1) is 0 Å². The van der Waals surface area contributed by atoms with Gasteiger partial charge in [-0.05, 0) is 18.7 Å². The van der Waals surface area contributed by atoms with E-state index < -0.39 is 0 Å². The molecule has 1 aliphatic rings. The zero-order valence-corrected chi connectivity index (χ0v) is 12.7. The van der Waals surface area contributed by atoms with Crippen molar-refractivity contribution >= 4 is 24.6 Å². The quantitative estimate of drug-likeness (QED) is 0.942. The van der Waals surface area contributed by atoms with E-state index in [2.05, 4.69) is 27.4 Å². The Bertz CT molecular complexity index is 584. The van der Waals surface area contributed by atoms with Crippen LogP contribution in [0.4, 0.5) is 0 Å². The predicted octanol–water partition coefficient (Wildman–Crippen LogP) is 2.24. The van der Waals surface area contributed by atoms with Crippen molar-refractivity contribution in [1.29, 1.82) is 0 Å². The van der Waals surface area contributed by atoms with Crippen molar-refractivity contribution in [2.75, 3.05) is 26.7 Å². The maximum atomic E-state index is 5.29.